The van der Waals surface area contributed by atoms with Gasteiger partial charge in [0.2, 0.25) is 5.91 Å². The highest BCUT2D eigenvalue weighted by Crippen LogP contribution is 2.60. The second kappa shape index (κ2) is 4.25. The molecule has 4 nitrogen and oxygen atoms in total. The summed E-state index contributed by atoms with van der Waals surface area (Å²) in [5.41, 5.74) is -0.233. The van der Waals surface area contributed by atoms with Gasteiger partial charge in [0.05, 0.1) is 0 Å². The van der Waals surface area contributed by atoms with Crippen LogP contribution in [0.5, 0.6) is 0 Å². The van der Waals surface area contributed by atoms with E-state index in [9.17, 15) is 14.7 Å². The third-order valence-electron chi connectivity index (χ3n) is 4.33. The summed E-state index contributed by atoms with van der Waals surface area (Å²) in [4.78, 5) is 23.3. The summed E-state index contributed by atoms with van der Waals surface area (Å²) < 4.78 is 0. The number of carbonyl (C=O) groups is 2. The van der Waals surface area contributed by atoms with Crippen LogP contribution in [0.4, 0.5) is 0 Å². The van der Waals surface area contributed by atoms with Crippen molar-refractivity contribution in [3.8, 4) is 0 Å². The van der Waals surface area contributed by atoms with Gasteiger partial charge in [0.25, 0.3) is 0 Å². The Morgan fingerprint density at radius 1 is 1.33 bits per heavy atom. The highest BCUT2D eigenvalue weighted by molar-refractivity contribution is 5.97. The second-order valence-corrected chi connectivity index (χ2v) is 6.99. The first kappa shape index (κ1) is 13.4. The molecule has 0 aliphatic heterocycles. The zero-order valence-electron chi connectivity index (χ0n) is 11.5. The minimum Gasteiger partial charge on any atom is -0.481 e. The summed E-state index contributed by atoms with van der Waals surface area (Å²) in [7, 11) is 0. The van der Waals surface area contributed by atoms with Gasteiger partial charge in [-0.25, -0.2) is 0 Å². The first-order valence-corrected chi connectivity index (χ1v) is 6.77. The lowest BCUT2D eigenvalue weighted by Gasteiger charge is -2.27. The summed E-state index contributed by atoms with van der Waals surface area (Å²) >= 11 is 0. The molecule has 102 valence electrons. The molecule has 0 aromatic rings. The van der Waals surface area contributed by atoms with Crippen LogP contribution in [-0.2, 0) is 9.59 Å². The summed E-state index contributed by atoms with van der Waals surface area (Å²) in [6.45, 7) is 6.04. The molecule has 1 atom stereocenters. The largest absolute Gasteiger partial charge is 0.481 e. The van der Waals surface area contributed by atoms with Crippen molar-refractivity contribution in [2.75, 3.05) is 6.54 Å². The first-order valence-electron chi connectivity index (χ1n) is 6.77. The van der Waals surface area contributed by atoms with Crippen LogP contribution in [0.1, 0.15) is 46.5 Å². The monoisotopic (exact) mass is 253 g/mol. The molecule has 0 saturated heterocycles. The standard InChI is InChI=1S/C14H23NO3/c1-13(2,3)10(12(17)18)11(16)15-8-14(6-7-14)9-4-5-9/h9-10H,4-8H2,1-3H3,(H,15,16)(H,17,18). The van der Waals surface area contributed by atoms with Crippen LogP contribution in [0.25, 0.3) is 0 Å². The molecule has 4 heteroatoms. The van der Waals surface area contributed by atoms with Crippen molar-refractivity contribution in [3.05, 3.63) is 0 Å². The zero-order valence-corrected chi connectivity index (χ0v) is 11.5. The average Bonchev–Trinajstić information content (AvgIpc) is 3.05. The number of rotatable bonds is 5. The number of hydrogen-bond acceptors (Lipinski definition) is 2. The average molecular weight is 253 g/mol. The number of aliphatic carboxylic acids is 1. The fraction of sp³-hybridized carbons (Fsp3) is 0.857. The molecule has 0 spiro atoms. The van der Waals surface area contributed by atoms with Crippen molar-refractivity contribution in [1.82, 2.24) is 5.32 Å². The number of carbonyl (C=O) groups excluding carboxylic acids is 1. The van der Waals surface area contributed by atoms with Crippen LogP contribution in [0.2, 0.25) is 0 Å². The third-order valence-corrected chi connectivity index (χ3v) is 4.33. The van der Waals surface area contributed by atoms with E-state index >= 15 is 0 Å². The van der Waals surface area contributed by atoms with Gasteiger partial charge in [0, 0.05) is 6.54 Å². The van der Waals surface area contributed by atoms with Gasteiger partial charge in [-0.2, -0.15) is 0 Å². The molecule has 1 amide bonds. The zero-order chi connectivity index (χ0) is 13.6. The van der Waals surface area contributed by atoms with Crippen LogP contribution < -0.4 is 5.32 Å². The van der Waals surface area contributed by atoms with Gasteiger partial charge in [-0.1, -0.05) is 20.8 Å². The van der Waals surface area contributed by atoms with Crippen molar-refractivity contribution >= 4 is 11.9 Å². The van der Waals surface area contributed by atoms with E-state index in [2.05, 4.69) is 5.32 Å². The van der Waals surface area contributed by atoms with Gasteiger partial charge in [0.1, 0.15) is 5.92 Å². The van der Waals surface area contributed by atoms with E-state index in [0.717, 1.165) is 5.92 Å². The van der Waals surface area contributed by atoms with Crippen molar-refractivity contribution in [2.45, 2.75) is 46.5 Å². The summed E-state index contributed by atoms with van der Waals surface area (Å²) in [6, 6.07) is 0. The van der Waals surface area contributed by atoms with Crippen LogP contribution in [0.3, 0.4) is 0 Å². The molecule has 0 aromatic carbocycles. The molecule has 0 heterocycles. The lowest BCUT2D eigenvalue weighted by atomic mass is 9.80. The van der Waals surface area contributed by atoms with E-state index in [1.54, 1.807) is 20.8 Å². The Hall–Kier alpha value is -1.06. The van der Waals surface area contributed by atoms with E-state index in [4.69, 9.17) is 0 Å². The van der Waals surface area contributed by atoms with Gasteiger partial charge < -0.3 is 10.4 Å². The Labute approximate surface area is 108 Å². The number of amides is 1. The van der Waals surface area contributed by atoms with Crippen molar-refractivity contribution < 1.29 is 14.7 Å². The second-order valence-electron chi connectivity index (χ2n) is 6.99. The molecule has 2 saturated carbocycles. The SMILES string of the molecule is CC(C)(C)C(C(=O)O)C(=O)NCC1(C2CC2)CC1. The van der Waals surface area contributed by atoms with E-state index < -0.39 is 17.3 Å². The first-order chi connectivity index (χ1) is 8.26. The molecule has 1 unspecified atom stereocenters. The van der Waals surface area contributed by atoms with Crippen molar-refractivity contribution in [1.29, 1.82) is 0 Å². The van der Waals surface area contributed by atoms with Gasteiger partial charge in [-0.15, -0.1) is 0 Å². The molecule has 0 aromatic heterocycles. The fourth-order valence-electron chi connectivity index (χ4n) is 2.83. The maximum atomic E-state index is 12.1. The van der Waals surface area contributed by atoms with Gasteiger partial charge >= 0.3 is 5.97 Å². The van der Waals surface area contributed by atoms with Gasteiger partial charge in [-0.05, 0) is 42.4 Å². The number of nitrogens with one attached hydrogen (secondary N) is 1. The highest BCUT2D eigenvalue weighted by atomic mass is 16.4. The van der Waals surface area contributed by atoms with Gasteiger partial charge in [0.15, 0.2) is 0 Å². The normalized spacial score (nSPS) is 23.3. The van der Waals surface area contributed by atoms with E-state index in [1.807, 2.05) is 0 Å². The van der Waals surface area contributed by atoms with E-state index in [1.165, 1.54) is 25.7 Å². The molecule has 2 fully saturated rings. The fourth-order valence-corrected chi connectivity index (χ4v) is 2.83. The Balaban J connectivity index is 1.91. The summed E-state index contributed by atoms with van der Waals surface area (Å²) in [5, 5.41) is 12.1. The molecule has 2 rings (SSSR count). The Bertz CT molecular complexity index is 362. The summed E-state index contributed by atoms with van der Waals surface area (Å²) in [6.07, 6.45) is 4.92. The lowest BCUT2D eigenvalue weighted by molar-refractivity contribution is -0.151. The van der Waals surface area contributed by atoms with Crippen molar-refractivity contribution in [3.63, 3.8) is 0 Å². The minimum atomic E-state index is -1.03. The molecule has 0 bridgehead atoms. The number of carboxylic acid groups (broad SMARTS) is 1. The number of hydrogen-bond donors (Lipinski definition) is 2. The minimum absolute atomic E-state index is 0.316. The third kappa shape index (κ3) is 2.68. The quantitative estimate of drug-likeness (QED) is 0.737. The van der Waals surface area contributed by atoms with Crippen LogP contribution in [0.15, 0.2) is 0 Å². The molecule has 2 N–H and O–H groups in total. The molecular formula is C14H23NO3. The Morgan fingerprint density at radius 2 is 1.89 bits per heavy atom. The maximum absolute atomic E-state index is 12.1. The smallest absolute Gasteiger partial charge is 0.316 e. The van der Waals surface area contributed by atoms with E-state index in [-0.39, 0.29) is 5.91 Å². The number of carboxylic acids is 1. The molecule has 0 radical (unpaired) electrons. The molecule has 2 aliphatic rings. The molecular weight excluding hydrogens is 230 g/mol. The van der Waals surface area contributed by atoms with Crippen LogP contribution in [0, 0.1) is 22.7 Å². The topological polar surface area (TPSA) is 66.4 Å². The predicted molar refractivity (Wildman–Crippen MR) is 68.0 cm³/mol. The molecule has 18 heavy (non-hydrogen) atoms. The van der Waals surface area contributed by atoms with E-state index in [0.29, 0.717) is 12.0 Å². The predicted octanol–water partition coefficient (Wildman–Crippen LogP) is 2.04. The maximum Gasteiger partial charge on any atom is 0.316 e. The van der Waals surface area contributed by atoms with Crippen LogP contribution in [-0.4, -0.2) is 23.5 Å². The molecule has 2 aliphatic carbocycles. The van der Waals surface area contributed by atoms with Gasteiger partial charge in [-0.3, -0.25) is 9.59 Å². The lowest BCUT2D eigenvalue weighted by Crippen LogP contribution is -2.44. The highest BCUT2D eigenvalue weighted by Gasteiger charge is 2.54. The van der Waals surface area contributed by atoms with Crippen LogP contribution >= 0.6 is 0 Å². The van der Waals surface area contributed by atoms with Crippen molar-refractivity contribution in [2.24, 2.45) is 22.7 Å². The summed E-state index contributed by atoms with van der Waals surface area (Å²) in [5.74, 6) is -1.55. The Kier molecular flexibility index (Phi) is 3.16. The Morgan fingerprint density at radius 3 is 2.22 bits per heavy atom.